The van der Waals surface area contributed by atoms with Crippen molar-refractivity contribution in [3.8, 4) is 0 Å². The zero-order valence-corrected chi connectivity index (χ0v) is 6.16. The van der Waals surface area contributed by atoms with Crippen LogP contribution in [0.4, 0.5) is 5.69 Å². The maximum atomic E-state index is 10.4. The minimum absolute atomic E-state index is 0.303. The predicted molar refractivity (Wildman–Crippen MR) is 42.9 cm³/mol. The lowest BCUT2D eigenvalue weighted by Gasteiger charge is -1.99. The molecule has 1 aromatic rings. The third kappa shape index (κ3) is 1.70. The highest BCUT2D eigenvalue weighted by atomic mass is 16.4. The van der Waals surface area contributed by atoms with E-state index in [4.69, 9.17) is 5.11 Å². The number of aromatic carboxylic acids is 1. The number of hydrogen-bond acceptors (Lipinski definition) is 2. The molecule has 0 amide bonds. The number of nitrogens with one attached hydrogen (secondary N) is 1. The molecule has 58 valence electrons. The number of carboxylic acids is 1. The number of anilines is 1. The molecule has 0 atom stereocenters. The van der Waals surface area contributed by atoms with E-state index in [1.54, 1.807) is 25.2 Å². The van der Waals surface area contributed by atoms with Crippen molar-refractivity contribution in [2.75, 3.05) is 12.4 Å². The molecule has 0 aliphatic rings. The Bertz CT molecular complexity index is 271. The van der Waals surface area contributed by atoms with Crippen LogP contribution in [-0.4, -0.2) is 18.1 Å². The largest absolute Gasteiger partial charge is 0.478 e. The first-order valence-electron chi connectivity index (χ1n) is 3.25. The third-order valence-corrected chi connectivity index (χ3v) is 1.40. The first kappa shape index (κ1) is 7.60. The van der Waals surface area contributed by atoms with E-state index in [1.165, 1.54) is 0 Å². The average Bonchev–Trinajstić information content (AvgIpc) is 2.05. The van der Waals surface area contributed by atoms with Gasteiger partial charge in [-0.15, -0.1) is 0 Å². The van der Waals surface area contributed by atoms with Crippen molar-refractivity contribution < 1.29 is 9.90 Å². The van der Waals surface area contributed by atoms with Crippen molar-refractivity contribution in [3.63, 3.8) is 0 Å². The summed E-state index contributed by atoms with van der Waals surface area (Å²) in [5.74, 6) is -0.901. The molecule has 1 rings (SSSR count). The fourth-order valence-corrected chi connectivity index (χ4v) is 0.808. The van der Waals surface area contributed by atoms with Crippen LogP contribution in [0.2, 0.25) is 0 Å². The van der Waals surface area contributed by atoms with E-state index in [1.807, 2.05) is 6.07 Å². The molecule has 3 heteroatoms. The molecule has 2 N–H and O–H groups in total. The van der Waals surface area contributed by atoms with Crippen LogP contribution >= 0.6 is 0 Å². The summed E-state index contributed by atoms with van der Waals surface area (Å²) in [5, 5.41) is 11.4. The van der Waals surface area contributed by atoms with Crippen molar-refractivity contribution in [2.45, 2.75) is 0 Å². The van der Waals surface area contributed by atoms with E-state index >= 15 is 0 Å². The third-order valence-electron chi connectivity index (χ3n) is 1.40. The van der Waals surface area contributed by atoms with Gasteiger partial charge in [-0.3, -0.25) is 0 Å². The van der Waals surface area contributed by atoms with Gasteiger partial charge < -0.3 is 10.4 Å². The summed E-state index contributed by atoms with van der Waals surface area (Å²) in [4.78, 5) is 10.4. The van der Waals surface area contributed by atoms with Gasteiger partial charge in [0.2, 0.25) is 0 Å². The Balaban J connectivity index is 3.01. The lowest BCUT2D eigenvalue weighted by Crippen LogP contribution is -1.97. The molecule has 0 bridgehead atoms. The Morgan fingerprint density at radius 2 is 2.27 bits per heavy atom. The van der Waals surface area contributed by atoms with Crippen LogP contribution in [0.1, 0.15) is 10.4 Å². The molecule has 11 heavy (non-hydrogen) atoms. The van der Waals surface area contributed by atoms with Gasteiger partial charge in [0.1, 0.15) is 0 Å². The first-order chi connectivity index (χ1) is 5.24. The lowest BCUT2D eigenvalue weighted by molar-refractivity contribution is 0.0697. The monoisotopic (exact) mass is 151 g/mol. The van der Waals surface area contributed by atoms with Crippen molar-refractivity contribution in [2.24, 2.45) is 0 Å². The predicted octanol–water partition coefficient (Wildman–Crippen LogP) is 1.43. The summed E-state index contributed by atoms with van der Waals surface area (Å²) < 4.78 is 0. The Morgan fingerprint density at radius 1 is 1.55 bits per heavy atom. The lowest BCUT2D eigenvalue weighted by atomic mass is 10.2. The topological polar surface area (TPSA) is 49.3 Å². The van der Waals surface area contributed by atoms with Gasteiger partial charge in [0.05, 0.1) is 5.56 Å². The van der Waals surface area contributed by atoms with Crippen molar-refractivity contribution in [1.29, 1.82) is 0 Å². The van der Waals surface area contributed by atoms with Crippen LogP contribution in [0, 0.1) is 0 Å². The van der Waals surface area contributed by atoms with Crippen molar-refractivity contribution >= 4 is 11.7 Å². The van der Waals surface area contributed by atoms with E-state index in [2.05, 4.69) is 5.32 Å². The summed E-state index contributed by atoms with van der Waals surface area (Å²) >= 11 is 0. The molecule has 0 unspecified atom stereocenters. The van der Waals surface area contributed by atoms with Crippen LogP contribution in [0.3, 0.4) is 0 Å². The molecule has 0 aliphatic heterocycles. The summed E-state index contributed by atoms with van der Waals surface area (Å²) in [7, 11) is 1.75. The number of carboxylic acid groups (broad SMARTS) is 1. The summed E-state index contributed by atoms with van der Waals surface area (Å²) in [6.07, 6.45) is 0. The van der Waals surface area contributed by atoms with Crippen LogP contribution in [0.15, 0.2) is 24.3 Å². The fourth-order valence-electron chi connectivity index (χ4n) is 0.808. The first-order valence-corrected chi connectivity index (χ1v) is 3.25. The van der Waals surface area contributed by atoms with Crippen LogP contribution < -0.4 is 5.32 Å². The van der Waals surface area contributed by atoms with Gasteiger partial charge in [0.25, 0.3) is 0 Å². The van der Waals surface area contributed by atoms with E-state index in [-0.39, 0.29) is 0 Å². The van der Waals surface area contributed by atoms with Gasteiger partial charge in [0.15, 0.2) is 0 Å². The fraction of sp³-hybridized carbons (Fsp3) is 0.125. The maximum Gasteiger partial charge on any atom is 0.335 e. The average molecular weight is 151 g/mol. The minimum Gasteiger partial charge on any atom is -0.478 e. The Hall–Kier alpha value is -1.51. The Morgan fingerprint density at radius 3 is 2.82 bits per heavy atom. The smallest absolute Gasteiger partial charge is 0.335 e. The molecule has 0 aromatic heterocycles. The Kier molecular flexibility index (Phi) is 2.11. The molecule has 0 saturated heterocycles. The van der Waals surface area contributed by atoms with Gasteiger partial charge in [-0.1, -0.05) is 6.07 Å². The Labute approximate surface area is 64.7 Å². The summed E-state index contributed by atoms with van der Waals surface area (Å²) in [5.41, 5.74) is 1.11. The highest BCUT2D eigenvalue weighted by Crippen LogP contribution is 2.08. The number of rotatable bonds is 2. The standard InChI is InChI=1S/C8H9NO2/c1-9-7-4-2-3-6(5-7)8(10)11/h2-5,9H,1H3,(H,10,11). The second kappa shape index (κ2) is 3.05. The number of benzene rings is 1. The van der Waals surface area contributed by atoms with E-state index < -0.39 is 5.97 Å². The van der Waals surface area contributed by atoms with Gasteiger partial charge in [-0.25, -0.2) is 4.79 Å². The molecule has 3 nitrogen and oxygen atoms in total. The summed E-state index contributed by atoms with van der Waals surface area (Å²) in [6.45, 7) is 0. The highest BCUT2D eigenvalue weighted by molar-refractivity contribution is 5.88. The van der Waals surface area contributed by atoms with Crippen LogP contribution in [-0.2, 0) is 0 Å². The molecule has 0 aliphatic carbocycles. The van der Waals surface area contributed by atoms with Crippen molar-refractivity contribution in [3.05, 3.63) is 29.8 Å². The van der Waals surface area contributed by atoms with Crippen molar-refractivity contribution in [1.82, 2.24) is 0 Å². The number of hydrogen-bond donors (Lipinski definition) is 2. The van der Waals surface area contributed by atoms with E-state index in [0.29, 0.717) is 5.56 Å². The SMILES string of the molecule is CNc1cccc(C(=O)O)c1. The molecule has 0 saturated carbocycles. The molecule has 0 fully saturated rings. The van der Waals surface area contributed by atoms with Gasteiger partial charge >= 0.3 is 5.97 Å². The zero-order valence-electron chi connectivity index (χ0n) is 6.16. The van der Waals surface area contributed by atoms with Gasteiger partial charge in [-0.2, -0.15) is 0 Å². The normalized spacial score (nSPS) is 9.18. The second-order valence-corrected chi connectivity index (χ2v) is 2.14. The molecular weight excluding hydrogens is 142 g/mol. The second-order valence-electron chi connectivity index (χ2n) is 2.14. The van der Waals surface area contributed by atoms with Gasteiger partial charge in [0, 0.05) is 12.7 Å². The molecule has 0 radical (unpaired) electrons. The summed E-state index contributed by atoms with van der Waals surface area (Å²) in [6, 6.07) is 6.66. The maximum absolute atomic E-state index is 10.4. The number of carbonyl (C=O) groups is 1. The van der Waals surface area contributed by atoms with Crippen LogP contribution in [0.5, 0.6) is 0 Å². The molecule has 0 spiro atoms. The molecule has 0 heterocycles. The minimum atomic E-state index is -0.901. The highest BCUT2D eigenvalue weighted by Gasteiger charge is 2.00. The molecular formula is C8H9NO2. The molecule has 1 aromatic carbocycles. The quantitative estimate of drug-likeness (QED) is 0.672. The zero-order chi connectivity index (χ0) is 8.27. The van der Waals surface area contributed by atoms with E-state index in [9.17, 15) is 4.79 Å². The van der Waals surface area contributed by atoms with E-state index in [0.717, 1.165) is 5.69 Å². The van der Waals surface area contributed by atoms with Crippen LogP contribution in [0.25, 0.3) is 0 Å². The van der Waals surface area contributed by atoms with Gasteiger partial charge in [-0.05, 0) is 18.2 Å².